The van der Waals surface area contributed by atoms with Gasteiger partial charge in [-0.15, -0.1) is 11.3 Å². The number of thiophene rings is 1. The molecule has 2 aromatic heterocycles. The third-order valence-corrected chi connectivity index (χ3v) is 6.50. The second-order valence-electron chi connectivity index (χ2n) is 7.59. The molecule has 0 unspecified atom stereocenters. The highest BCUT2D eigenvalue weighted by molar-refractivity contribution is 7.20. The van der Waals surface area contributed by atoms with Gasteiger partial charge in [-0.1, -0.05) is 18.2 Å². The maximum Gasteiger partial charge on any atom is 0.321 e. The molecule has 9 heteroatoms. The van der Waals surface area contributed by atoms with Crippen LogP contribution in [0.5, 0.6) is 0 Å². The average Bonchev–Trinajstić information content (AvgIpc) is 3.47. The lowest BCUT2D eigenvalue weighted by molar-refractivity contribution is 0.103. The summed E-state index contributed by atoms with van der Waals surface area (Å²) < 4.78 is 15.0. The van der Waals surface area contributed by atoms with Gasteiger partial charge in [0.15, 0.2) is 0 Å². The van der Waals surface area contributed by atoms with Crippen LogP contribution in [0.2, 0.25) is 0 Å². The number of nitrogens with one attached hydrogen (secondary N) is 2. The van der Waals surface area contributed by atoms with Gasteiger partial charge in [-0.3, -0.25) is 14.4 Å². The highest BCUT2D eigenvalue weighted by Crippen LogP contribution is 2.30. The van der Waals surface area contributed by atoms with Crippen molar-refractivity contribution in [2.45, 2.75) is 13.5 Å². The lowest BCUT2D eigenvalue weighted by Crippen LogP contribution is -2.27. The van der Waals surface area contributed by atoms with Gasteiger partial charge in [0.05, 0.1) is 17.1 Å². The zero-order chi connectivity index (χ0) is 22.2. The van der Waals surface area contributed by atoms with Crippen molar-refractivity contribution in [3.63, 3.8) is 0 Å². The normalized spacial score (nSPS) is 13.6. The van der Waals surface area contributed by atoms with Gasteiger partial charge in [-0.25, -0.2) is 9.18 Å². The highest BCUT2D eigenvalue weighted by Gasteiger charge is 2.22. The molecule has 0 aliphatic carbocycles. The molecule has 0 spiro atoms. The Bertz CT molecular complexity index is 1330. The number of aromatic nitrogens is 2. The molecule has 3 heterocycles. The van der Waals surface area contributed by atoms with Crippen LogP contribution in [0.25, 0.3) is 10.2 Å². The standard InChI is InChI=1S/C23H20FN5O2S/c1-14-19-12-20(32-22(19)29(27-14)13-15-5-7-16(24)8-6-15)21(30)26-17-3-2-4-18(11-17)28-10-9-25-23(28)31/h2-8,11-12H,9-10,13H2,1H3,(H,25,31)(H,26,30). The second kappa shape index (κ2) is 8.08. The van der Waals surface area contributed by atoms with E-state index in [0.717, 1.165) is 27.2 Å². The minimum atomic E-state index is -0.278. The van der Waals surface area contributed by atoms with Gasteiger partial charge in [0.2, 0.25) is 0 Å². The third kappa shape index (κ3) is 3.82. The summed E-state index contributed by atoms with van der Waals surface area (Å²) in [6.45, 7) is 3.59. The molecule has 0 atom stereocenters. The number of benzene rings is 2. The van der Waals surface area contributed by atoms with Crippen LogP contribution in [0, 0.1) is 12.7 Å². The summed E-state index contributed by atoms with van der Waals surface area (Å²) in [6.07, 6.45) is 0. The van der Waals surface area contributed by atoms with Crippen molar-refractivity contribution >= 4 is 44.9 Å². The first-order valence-corrected chi connectivity index (χ1v) is 11.0. The number of hydrogen-bond acceptors (Lipinski definition) is 4. The predicted molar refractivity (Wildman–Crippen MR) is 123 cm³/mol. The van der Waals surface area contributed by atoms with Crippen molar-refractivity contribution in [2.24, 2.45) is 0 Å². The summed E-state index contributed by atoms with van der Waals surface area (Å²) in [6, 6.07) is 15.3. The fourth-order valence-corrected chi connectivity index (χ4v) is 4.81. The fourth-order valence-electron chi connectivity index (χ4n) is 3.76. The van der Waals surface area contributed by atoms with Crippen molar-refractivity contribution in [3.8, 4) is 0 Å². The Balaban J connectivity index is 1.37. The molecule has 5 rings (SSSR count). The first-order chi connectivity index (χ1) is 15.5. The van der Waals surface area contributed by atoms with E-state index in [0.29, 0.717) is 30.2 Å². The van der Waals surface area contributed by atoms with E-state index >= 15 is 0 Å². The number of fused-ring (bicyclic) bond motifs is 1. The van der Waals surface area contributed by atoms with Crippen molar-refractivity contribution in [1.29, 1.82) is 0 Å². The van der Waals surface area contributed by atoms with Crippen LogP contribution >= 0.6 is 11.3 Å². The molecule has 32 heavy (non-hydrogen) atoms. The van der Waals surface area contributed by atoms with Gasteiger partial charge < -0.3 is 10.6 Å². The maximum atomic E-state index is 13.2. The number of halogens is 1. The molecule has 0 radical (unpaired) electrons. The summed E-state index contributed by atoms with van der Waals surface area (Å²) in [4.78, 5) is 27.9. The monoisotopic (exact) mass is 449 g/mol. The van der Waals surface area contributed by atoms with E-state index in [1.807, 2.05) is 29.8 Å². The van der Waals surface area contributed by atoms with E-state index in [2.05, 4.69) is 15.7 Å². The molecule has 0 bridgehead atoms. The summed E-state index contributed by atoms with van der Waals surface area (Å²) in [5.74, 6) is -0.498. The lowest BCUT2D eigenvalue weighted by atomic mass is 10.2. The van der Waals surface area contributed by atoms with Gasteiger partial charge >= 0.3 is 6.03 Å². The smallest absolute Gasteiger partial charge is 0.321 e. The van der Waals surface area contributed by atoms with Crippen LogP contribution in [-0.2, 0) is 6.54 Å². The quantitative estimate of drug-likeness (QED) is 0.475. The summed E-state index contributed by atoms with van der Waals surface area (Å²) in [5, 5.41) is 11.2. The number of rotatable bonds is 5. The molecule has 0 saturated carbocycles. The topological polar surface area (TPSA) is 79.3 Å². The van der Waals surface area contributed by atoms with Gasteiger partial charge in [0, 0.05) is 29.9 Å². The Kier molecular flexibility index (Phi) is 5.10. The number of anilines is 2. The Labute approximate surface area is 187 Å². The fraction of sp³-hybridized carbons (Fsp3) is 0.174. The molecule has 2 N–H and O–H groups in total. The van der Waals surface area contributed by atoms with E-state index in [4.69, 9.17) is 0 Å². The number of carbonyl (C=O) groups excluding carboxylic acids is 2. The van der Waals surface area contributed by atoms with E-state index < -0.39 is 0 Å². The van der Waals surface area contributed by atoms with Crippen LogP contribution in [0.15, 0.2) is 54.6 Å². The van der Waals surface area contributed by atoms with Crippen molar-refractivity contribution in [1.82, 2.24) is 15.1 Å². The van der Waals surface area contributed by atoms with Crippen molar-refractivity contribution in [2.75, 3.05) is 23.3 Å². The largest absolute Gasteiger partial charge is 0.336 e. The van der Waals surface area contributed by atoms with E-state index in [1.54, 1.807) is 29.2 Å². The molecule has 162 valence electrons. The average molecular weight is 450 g/mol. The van der Waals surface area contributed by atoms with Crippen LogP contribution in [-0.4, -0.2) is 34.8 Å². The Morgan fingerprint density at radius 3 is 2.78 bits per heavy atom. The van der Waals surface area contributed by atoms with Crippen molar-refractivity contribution in [3.05, 3.63) is 76.5 Å². The van der Waals surface area contributed by atoms with Gasteiger partial charge in [-0.2, -0.15) is 5.10 Å². The number of carbonyl (C=O) groups is 2. The first kappa shape index (κ1) is 20.2. The van der Waals surface area contributed by atoms with E-state index in [9.17, 15) is 14.0 Å². The molecular formula is C23H20FN5O2S. The Morgan fingerprint density at radius 2 is 2.03 bits per heavy atom. The van der Waals surface area contributed by atoms with Gasteiger partial charge in [-0.05, 0) is 48.9 Å². The van der Waals surface area contributed by atoms with Crippen LogP contribution < -0.4 is 15.5 Å². The molecule has 1 aliphatic heterocycles. The zero-order valence-electron chi connectivity index (χ0n) is 17.3. The summed E-state index contributed by atoms with van der Waals surface area (Å²) in [5.41, 5.74) is 3.12. The minimum absolute atomic E-state index is 0.140. The molecular weight excluding hydrogens is 429 g/mol. The zero-order valence-corrected chi connectivity index (χ0v) is 18.1. The molecule has 1 fully saturated rings. The summed E-state index contributed by atoms with van der Waals surface area (Å²) >= 11 is 1.36. The van der Waals surface area contributed by atoms with E-state index in [-0.39, 0.29) is 17.8 Å². The van der Waals surface area contributed by atoms with Gasteiger partial charge in [0.25, 0.3) is 5.91 Å². The minimum Gasteiger partial charge on any atom is -0.336 e. The SMILES string of the molecule is Cc1nn(Cc2ccc(F)cc2)c2sc(C(=O)Nc3cccc(N4CCNC4=O)c3)cc12. The number of amides is 3. The predicted octanol–water partition coefficient (Wildman–Crippen LogP) is 4.38. The van der Waals surface area contributed by atoms with Crippen LogP contribution in [0.3, 0.4) is 0 Å². The molecule has 1 aliphatic rings. The number of nitrogens with zero attached hydrogens (tertiary/aromatic N) is 3. The Morgan fingerprint density at radius 1 is 1.22 bits per heavy atom. The lowest BCUT2D eigenvalue weighted by Gasteiger charge is -2.15. The molecule has 7 nitrogen and oxygen atoms in total. The first-order valence-electron chi connectivity index (χ1n) is 10.2. The second-order valence-corrected chi connectivity index (χ2v) is 8.62. The summed E-state index contributed by atoms with van der Waals surface area (Å²) in [7, 11) is 0. The molecule has 1 saturated heterocycles. The van der Waals surface area contributed by atoms with Gasteiger partial charge in [0.1, 0.15) is 10.6 Å². The van der Waals surface area contributed by atoms with Crippen LogP contribution in [0.4, 0.5) is 20.6 Å². The third-order valence-electron chi connectivity index (χ3n) is 5.35. The molecule has 2 aromatic carbocycles. The van der Waals surface area contributed by atoms with Crippen LogP contribution in [0.1, 0.15) is 20.9 Å². The molecule has 4 aromatic rings. The number of urea groups is 1. The Hall–Kier alpha value is -3.72. The number of aryl methyl sites for hydroxylation is 1. The number of hydrogen-bond donors (Lipinski definition) is 2. The maximum absolute atomic E-state index is 13.2. The molecule has 3 amide bonds. The van der Waals surface area contributed by atoms with E-state index in [1.165, 1.54) is 23.5 Å². The van der Waals surface area contributed by atoms with Crippen molar-refractivity contribution < 1.29 is 14.0 Å². The highest BCUT2D eigenvalue weighted by atomic mass is 32.1.